The summed E-state index contributed by atoms with van der Waals surface area (Å²) >= 11 is 0. The quantitative estimate of drug-likeness (QED) is 0.804. The van der Waals surface area contributed by atoms with Gasteiger partial charge in [-0.1, -0.05) is 5.16 Å². The van der Waals surface area contributed by atoms with Gasteiger partial charge in [0.1, 0.15) is 11.9 Å². The highest BCUT2D eigenvalue weighted by molar-refractivity contribution is 4.92. The maximum Gasteiger partial charge on any atom is 0.255 e. The van der Waals surface area contributed by atoms with Crippen LogP contribution in [-0.4, -0.2) is 44.8 Å². The molecule has 7 nitrogen and oxygen atoms in total. The lowest BCUT2D eigenvalue weighted by Crippen LogP contribution is -2.23. The maximum absolute atomic E-state index is 5.55. The van der Waals surface area contributed by atoms with Gasteiger partial charge in [0.05, 0.1) is 6.54 Å². The van der Waals surface area contributed by atoms with Gasteiger partial charge in [-0.2, -0.15) is 4.98 Å². The van der Waals surface area contributed by atoms with Crippen molar-refractivity contribution in [1.29, 1.82) is 0 Å². The van der Waals surface area contributed by atoms with Crippen molar-refractivity contribution in [3.8, 4) is 0 Å². The summed E-state index contributed by atoms with van der Waals surface area (Å²) < 4.78 is 13.0. The molecule has 0 aliphatic carbocycles. The number of imidazole rings is 1. The highest BCUT2D eigenvalue weighted by Gasteiger charge is 2.23. The van der Waals surface area contributed by atoms with Crippen LogP contribution >= 0.6 is 0 Å². The van der Waals surface area contributed by atoms with Crippen molar-refractivity contribution in [2.75, 3.05) is 20.2 Å². The Balaban J connectivity index is 1.50. The number of aromatic nitrogens is 4. The molecule has 0 radical (unpaired) electrons. The van der Waals surface area contributed by atoms with Gasteiger partial charge in [-0.15, -0.1) is 0 Å². The molecular formula is C14H21N5O2. The van der Waals surface area contributed by atoms with E-state index in [0.29, 0.717) is 18.3 Å². The van der Waals surface area contributed by atoms with Crippen LogP contribution < -0.4 is 0 Å². The molecule has 0 amide bonds. The molecule has 2 aromatic heterocycles. The van der Waals surface area contributed by atoms with E-state index < -0.39 is 0 Å². The molecule has 7 heteroatoms. The summed E-state index contributed by atoms with van der Waals surface area (Å²) in [6, 6.07) is 0. The SMILES string of the molecule is Cc1nccn1CCN(C)Cc1noc([C@H]2CCCO2)n1. The van der Waals surface area contributed by atoms with Crippen molar-refractivity contribution in [3.63, 3.8) is 0 Å². The number of aryl methyl sites for hydroxylation is 1. The Labute approximate surface area is 123 Å². The summed E-state index contributed by atoms with van der Waals surface area (Å²) in [5.74, 6) is 2.36. The number of hydrogen-bond acceptors (Lipinski definition) is 6. The summed E-state index contributed by atoms with van der Waals surface area (Å²) in [6.45, 7) is 5.27. The number of rotatable bonds is 6. The van der Waals surface area contributed by atoms with Crippen LogP contribution in [0.25, 0.3) is 0 Å². The fourth-order valence-corrected chi connectivity index (χ4v) is 2.47. The monoisotopic (exact) mass is 291 g/mol. The predicted molar refractivity (Wildman–Crippen MR) is 75.5 cm³/mol. The molecule has 0 spiro atoms. The van der Waals surface area contributed by atoms with Crippen molar-refractivity contribution in [1.82, 2.24) is 24.6 Å². The van der Waals surface area contributed by atoms with Crippen LogP contribution in [0.1, 0.15) is 36.5 Å². The molecule has 1 aliphatic heterocycles. The molecule has 1 fully saturated rings. The molecular weight excluding hydrogens is 270 g/mol. The smallest absolute Gasteiger partial charge is 0.255 e. The minimum Gasteiger partial charge on any atom is -0.368 e. The minimum atomic E-state index is -0.00912. The zero-order valence-corrected chi connectivity index (χ0v) is 12.5. The lowest BCUT2D eigenvalue weighted by atomic mass is 10.2. The third-order valence-corrected chi connectivity index (χ3v) is 3.75. The van der Waals surface area contributed by atoms with Gasteiger partial charge in [0, 0.05) is 32.1 Å². The Kier molecular flexibility index (Phi) is 4.31. The van der Waals surface area contributed by atoms with E-state index in [-0.39, 0.29) is 6.10 Å². The van der Waals surface area contributed by atoms with Crippen LogP contribution in [0.4, 0.5) is 0 Å². The van der Waals surface area contributed by atoms with Crippen molar-refractivity contribution in [2.45, 2.75) is 39.0 Å². The minimum absolute atomic E-state index is 0.00912. The summed E-state index contributed by atoms with van der Waals surface area (Å²) in [5, 5.41) is 4.04. The second-order valence-corrected chi connectivity index (χ2v) is 5.46. The highest BCUT2D eigenvalue weighted by atomic mass is 16.5. The van der Waals surface area contributed by atoms with Gasteiger partial charge in [0.25, 0.3) is 5.89 Å². The van der Waals surface area contributed by atoms with E-state index in [1.165, 1.54) is 0 Å². The van der Waals surface area contributed by atoms with E-state index in [4.69, 9.17) is 9.26 Å². The van der Waals surface area contributed by atoms with Crippen LogP contribution in [0.3, 0.4) is 0 Å². The van der Waals surface area contributed by atoms with E-state index >= 15 is 0 Å². The van der Waals surface area contributed by atoms with E-state index in [1.54, 1.807) is 0 Å². The first-order chi connectivity index (χ1) is 10.2. The Morgan fingerprint density at radius 1 is 1.48 bits per heavy atom. The molecule has 0 bridgehead atoms. The van der Waals surface area contributed by atoms with Gasteiger partial charge >= 0.3 is 0 Å². The molecule has 3 rings (SSSR count). The summed E-state index contributed by atoms with van der Waals surface area (Å²) in [4.78, 5) is 10.8. The van der Waals surface area contributed by atoms with Crippen LogP contribution in [0.5, 0.6) is 0 Å². The van der Waals surface area contributed by atoms with Crippen molar-refractivity contribution in [2.24, 2.45) is 0 Å². The van der Waals surface area contributed by atoms with Gasteiger partial charge in [-0.25, -0.2) is 4.98 Å². The Bertz CT molecular complexity index is 573. The third kappa shape index (κ3) is 3.48. The molecule has 1 aliphatic rings. The van der Waals surface area contributed by atoms with Crippen molar-refractivity contribution < 1.29 is 9.26 Å². The summed E-state index contributed by atoms with van der Waals surface area (Å²) in [6.07, 6.45) is 5.84. The molecule has 3 heterocycles. The molecule has 0 aromatic carbocycles. The first-order valence-electron chi connectivity index (χ1n) is 7.33. The second-order valence-electron chi connectivity index (χ2n) is 5.46. The van der Waals surface area contributed by atoms with Crippen LogP contribution in [0.15, 0.2) is 16.9 Å². The van der Waals surface area contributed by atoms with E-state index in [1.807, 2.05) is 26.4 Å². The number of hydrogen-bond donors (Lipinski definition) is 0. The van der Waals surface area contributed by atoms with Gasteiger partial charge < -0.3 is 13.8 Å². The Morgan fingerprint density at radius 3 is 3.10 bits per heavy atom. The van der Waals surface area contributed by atoms with Crippen LogP contribution in [0, 0.1) is 6.92 Å². The fourth-order valence-electron chi connectivity index (χ4n) is 2.47. The first-order valence-corrected chi connectivity index (χ1v) is 7.33. The standard InChI is InChI=1S/C14H21N5O2/c1-11-15-5-6-19(11)8-7-18(2)10-13-16-14(21-17-13)12-4-3-9-20-12/h5-6,12H,3-4,7-10H2,1-2H3/t12-/m1/s1. The number of likely N-dealkylation sites (N-methyl/N-ethyl adjacent to an activating group) is 1. The molecule has 21 heavy (non-hydrogen) atoms. The van der Waals surface area contributed by atoms with Gasteiger partial charge in [-0.3, -0.25) is 4.90 Å². The number of nitrogens with zero attached hydrogens (tertiary/aromatic N) is 5. The molecule has 0 N–H and O–H groups in total. The van der Waals surface area contributed by atoms with E-state index in [9.17, 15) is 0 Å². The van der Waals surface area contributed by atoms with Gasteiger partial charge in [0.15, 0.2) is 5.82 Å². The largest absolute Gasteiger partial charge is 0.368 e. The average molecular weight is 291 g/mol. The first kappa shape index (κ1) is 14.2. The topological polar surface area (TPSA) is 69.2 Å². The lowest BCUT2D eigenvalue weighted by Gasteiger charge is -2.15. The second kappa shape index (κ2) is 6.36. The van der Waals surface area contributed by atoms with Gasteiger partial charge in [0.2, 0.25) is 0 Å². The third-order valence-electron chi connectivity index (χ3n) is 3.75. The van der Waals surface area contributed by atoms with E-state index in [2.05, 4.69) is 24.6 Å². The van der Waals surface area contributed by atoms with Gasteiger partial charge in [-0.05, 0) is 26.8 Å². The molecule has 0 unspecified atom stereocenters. The predicted octanol–water partition coefficient (Wildman–Crippen LogP) is 1.56. The molecule has 114 valence electrons. The molecule has 1 atom stereocenters. The van der Waals surface area contributed by atoms with Crippen molar-refractivity contribution in [3.05, 3.63) is 29.9 Å². The van der Waals surface area contributed by atoms with Crippen LogP contribution in [0.2, 0.25) is 0 Å². The highest BCUT2D eigenvalue weighted by Crippen LogP contribution is 2.26. The molecule has 0 saturated carbocycles. The Morgan fingerprint density at radius 2 is 2.38 bits per heavy atom. The van der Waals surface area contributed by atoms with Crippen molar-refractivity contribution >= 4 is 0 Å². The van der Waals surface area contributed by atoms with E-state index in [0.717, 1.165) is 38.4 Å². The zero-order chi connectivity index (χ0) is 14.7. The number of ether oxygens (including phenoxy) is 1. The zero-order valence-electron chi connectivity index (χ0n) is 12.5. The Hall–Kier alpha value is -1.73. The normalized spacial score (nSPS) is 18.7. The molecule has 1 saturated heterocycles. The average Bonchev–Trinajstić information content (AvgIpc) is 3.17. The summed E-state index contributed by atoms with van der Waals surface area (Å²) in [5.41, 5.74) is 0. The fraction of sp³-hybridized carbons (Fsp3) is 0.643. The van der Waals surface area contributed by atoms with Crippen LogP contribution in [-0.2, 0) is 17.8 Å². The lowest BCUT2D eigenvalue weighted by molar-refractivity contribution is 0.0835. The summed E-state index contributed by atoms with van der Waals surface area (Å²) in [7, 11) is 2.05. The maximum atomic E-state index is 5.55. The molecule has 2 aromatic rings.